The summed E-state index contributed by atoms with van der Waals surface area (Å²) in [6.45, 7) is 0. The van der Waals surface area contributed by atoms with Crippen molar-refractivity contribution in [2.75, 3.05) is 7.11 Å². The summed E-state index contributed by atoms with van der Waals surface area (Å²) in [5.41, 5.74) is -0.252. The van der Waals surface area contributed by atoms with E-state index in [1.807, 2.05) is 0 Å². The van der Waals surface area contributed by atoms with Crippen LogP contribution >= 0.6 is 11.6 Å². The van der Waals surface area contributed by atoms with Gasteiger partial charge in [0.15, 0.2) is 11.5 Å². The van der Waals surface area contributed by atoms with Crippen molar-refractivity contribution in [3.63, 3.8) is 0 Å². The molecule has 0 unspecified atom stereocenters. The quantitative estimate of drug-likeness (QED) is 0.792. The summed E-state index contributed by atoms with van der Waals surface area (Å²) in [6.07, 6.45) is 1.39. The summed E-state index contributed by atoms with van der Waals surface area (Å²) >= 11 is 5.95. The molecule has 0 atom stereocenters. The third-order valence-electron chi connectivity index (χ3n) is 2.49. The summed E-state index contributed by atoms with van der Waals surface area (Å²) in [6, 6.07) is 2.98. The molecule has 0 spiro atoms. The first-order valence-electron chi connectivity index (χ1n) is 4.36. The topological polar surface area (TPSA) is 49.7 Å². The monoisotopic (exact) mass is 214 g/mol. The molecule has 14 heavy (non-hydrogen) atoms. The van der Waals surface area contributed by atoms with Gasteiger partial charge in [-0.15, -0.1) is 0 Å². The van der Waals surface area contributed by atoms with Crippen LogP contribution in [0.2, 0.25) is 5.02 Å². The lowest BCUT2D eigenvalue weighted by atomic mass is 10.1. The van der Waals surface area contributed by atoms with Crippen molar-refractivity contribution >= 4 is 11.6 Å². The molecular weight excluding hydrogens is 204 g/mol. The van der Waals surface area contributed by atoms with E-state index < -0.39 is 5.60 Å². The smallest absolute Gasteiger partial charge is 0.161 e. The first-order valence-corrected chi connectivity index (χ1v) is 4.74. The maximum absolute atomic E-state index is 9.83. The predicted octanol–water partition coefficient (Wildman–Crippen LogP) is 2.04. The number of aliphatic hydroxyl groups is 1. The van der Waals surface area contributed by atoms with Crippen molar-refractivity contribution < 1.29 is 14.9 Å². The third kappa shape index (κ3) is 1.42. The normalized spacial score (nSPS) is 17.9. The van der Waals surface area contributed by atoms with Crippen LogP contribution in [0, 0.1) is 0 Å². The molecule has 1 fully saturated rings. The van der Waals surface area contributed by atoms with Crippen molar-refractivity contribution in [1.82, 2.24) is 0 Å². The van der Waals surface area contributed by atoms with E-state index in [0.29, 0.717) is 29.2 Å². The minimum absolute atomic E-state index is 0.00669. The fourth-order valence-electron chi connectivity index (χ4n) is 1.45. The molecule has 0 aliphatic heterocycles. The minimum Gasteiger partial charge on any atom is -0.504 e. The van der Waals surface area contributed by atoms with Gasteiger partial charge in [0.2, 0.25) is 0 Å². The van der Waals surface area contributed by atoms with Crippen LogP contribution in [0.25, 0.3) is 0 Å². The van der Waals surface area contributed by atoms with Gasteiger partial charge < -0.3 is 14.9 Å². The van der Waals surface area contributed by atoms with Crippen LogP contribution in [0.4, 0.5) is 0 Å². The van der Waals surface area contributed by atoms with E-state index in [2.05, 4.69) is 0 Å². The second kappa shape index (κ2) is 3.04. The fraction of sp³-hybridized carbons (Fsp3) is 0.400. The van der Waals surface area contributed by atoms with Crippen molar-refractivity contribution in [2.45, 2.75) is 18.4 Å². The highest BCUT2D eigenvalue weighted by Gasteiger charge is 2.44. The van der Waals surface area contributed by atoms with Gasteiger partial charge in [0.05, 0.1) is 17.7 Å². The maximum Gasteiger partial charge on any atom is 0.161 e. The summed E-state index contributed by atoms with van der Waals surface area (Å²) < 4.78 is 4.90. The van der Waals surface area contributed by atoms with Crippen LogP contribution in [0.5, 0.6) is 11.5 Å². The molecule has 1 aliphatic carbocycles. The zero-order chi connectivity index (χ0) is 10.3. The molecule has 1 aliphatic rings. The van der Waals surface area contributed by atoms with E-state index in [0.717, 1.165) is 0 Å². The lowest BCUT2D eigenvalue weighted by molar-refractivity contribution is 0.151. The van der Waals surface area contributed by atoms with Crippen molar-refractivity contribution in [2.24, 2.45) is 0 Å². The number of phenols is 1. The Bertz CT molecular complexity index is 372. The molecule has 2 rings (SSSR count). The van der Waals surface area contributed by atoms with Gasteiger partial charge in [-0.3, -0.25) is 0 Å². The summed E-state index contributed by atoms with van der Waals surface area (Å²) in [4.78, 5) is 0. The Morgan fingerprint density at radius 3 is 2.57 bits per heavy atom. The van der Waals surface area contributed by atoms with Crippen LogP contribution < -0.4 is 4.74 Å². The number of halogens is 1. The van der Waals surface area contributed by atoms with E-state index in [1.54, 1.807) is 0 Å². The van der Waals surface area contributed by atoms with Crippen LogP contribution in [0.3, 0.4) is 0 Å². The lowest BCUT2D eigenvalue weighted by Gasteiger charge is -2.12. The molecule has 3 nitrogen and oxygen atoms in total. The molecule has 76 valence electrons. The predicted molar refractivity (Wildman–Crippen MR) is 52.8 cm³/mol. The highest BCUT2D eigenvalue weighted by molar-refractivity contribution is 6.31. The largest absolute Gasteiger partial charge is 0.504 e. The number of rotatable bonds is 2. The van der Waals surface area contributed by atoms with E-state index in [-0.39, 0.29) is 5.75 Å². The SMILES string of the molecule is COc1cc(Cl)c(C2(O)CC2)cc1O. The molecule has 0 bridgehead atoms. The Hall–Kier alpha value is -0.930. The highest BCUT2D eigenvalue weighted by Crippen LogP contribution is 2.50. The lowest BCUT2D eigenvalue weighted by Crippen LogP contribution is -2.05. The Morgan fingerprint density at radius 1 is 1.43 bits per heavy atom. The molecular formula is C10H11ClO3. The molecule has 1 aromatic rings. The summed E-state index contributed by atoms with van der Waals surface area (Å²) in [5.74, 6) is 0.329. The van der Waals surface area contributed by atoms with Gasteiger partial charge in [-0.1, -0.05) is 11.6 Å². The molecule has 2 N–H and O–H groups in total. The second-order valence-electron chi connectivity index (χ2n) is 3.54. The number of methoxy groups -OCH3 is 1. The molecule has 0 amide bonds. The Balaban J connectivity index is 2.48. The standard InChI is InChI=1S/C10H11ClO3/c1-14-9-5-7(11)6(4-8(9)12)10(13)2-3-10/h4-5,12-13H,2-3H2,1H3. The van der Waals surface area contributed by atoms with E-state index in [9.17, 15) is 10.2 Å². The minimum atomic E-state index is -0.833. The van der Waals surface area contributed by atoms with Crippen LogP contribution in [-0.2, 0) is 5.60 Å². The molecule has 4 heteroatoms. The second-order valence-corrected chi connectivity index (χ2v) is 3.94. The molecule has 0 heterocycles. The molecule has 0 saturated heterocycles. The van der Waals surface area contributed by atoms with Gasteiger partial charge in [-0.2, -0.15) is 0 Å². The average molecular weight is 215 g/mol. The van der Waals surface area contributed by atoms with Gasteiger partial charge in [0, 0.05) is 11.6 Å². The number of phenolic OH excluding ortho intramolecular Hbond substituents is 1. The first-order chi connectivity index (χ1) is 6.57. The van der Waals surface area contributed by atoms with Gasteiger partial charge in [0.25, 0.3) is 0 Å². The Labute approximate surface area is 86.9 Å². The summed E-state index contributed by atoms with van der Waals surface area (Å²) in [5, 5.41) is 19.8. The van der Waals surface area contributed by atoms with Gasteiger partial charge in [-0.05, 0) is 18.9 Å². The number of aromatic hydroxyl groups is 1. The van der Waals surface area contributed by atoms with Gasteiger partial charge in [-0.25, -0.2) is 0 Å². The average Bonchev–Trinajstić information content (AvgIpc) is 2.88. The fourth-order valence-corrected chi connectivity index (χ4v) is 1.78. The van der Waals surface area contributed by atoms with Gasteiger partial charge in [0.1, 0.15) is 0 Å². The number of hydrogen-bond acceptors (Lipinski definition) is 3. The number of benzene rings is 1. The van der Waals surface area contributed by atoms with E-state index >= 15 is 0 Å². The van der Waals surface area contributed by atoms with Gasteiger partial charge >= 0.3 is 0 Å². The Morgan fingerprint density at radius 2 is 2.07 bits per heavy atom. The number of hydrogen-bond donors (Lipinski definition) is 2. The van der Waals surface area contributed by atoms with Crippen molar-refractivity contribution in [1.29, 1.82) is 0 Å². The molecule has 1 aromatic carbocycles. The van der Waals surface area contributed by atoms with Crippen LogP contribution in [-0.4, -0.2) is 17.3 Å². The van der Waals surface area contributed by atoms with Crippen LogP contribution in [0.1, 0.15) is 18.4 Å². The zero-order valence-electron chi connectivity index (χ0n) is 7.75. The van der Waals surface area contributed by atoms with E-state index in [1.165, 1.54) is 19.2 Å². The molecule has 0 radical (unpaired) electrons. The maximum atomic E-state index is 9.83. The summed E-state index contributed by atoms with van der Waals surface area (Å²) in [7, 11) is 1.46. The molecule has 1 saturated carbocycles. The highest BCUT2D eigenvalue weighted by atomic mass is 35.5. The third-order valence-corrected chi connectivity index (χ3v) is 2.81. The number of ether oxygens (including phenoxy) is 1. The van der Waals surface area contributed by atoms with Crippen molar-refractivity contribution in [3.05, 3.63) is 22.7 Å². The van der Waals surface area contributed by atoms with Crippen molar-refractivity contribution in [3.8, 4) is 11.5 Å². The Kier molecular flexibility index (Phi) is 2.09. The van der Waals surface area contributed by atoms with E-state index in [4.69, 9.17) is 16.3 Å². The first kappa shape index (κ1) is 9.62. The molecule has 0 aromatic heterocycles. The van der Waals surface area contributed by atoms with Crippen LogP contribution in [0.15, 0.2) is 12.1 Å². The zero-order valence-corrected chi connectivity index (χ0v) is 8.51.